The minimum absolute atomic E-state index is 0.211. The number of nitrogens with one attached hydrogen (secondary N) is 1. The molecule has 8 nitrogen and oxygen atoms in total. The predicted octanol–water partition coefficient (Wildman–Crippen LogP) is 6.10. The lowest BCUT2D eigenvalue weighted by Crippen LogP contribution is -2.73. The van der Waals surface area contributed by atoms with E-state index in [1.54, 1.807) is 24.3 Å². The lowest BCUT2D eigenvalue weighted by atomic mass is 9.72. The normalized spacial score (nSPS) is 16.8. The highest BCUT2D eigenvalue weighted by Crippen LogP contribution is 2.46. The maximum absolute atomic E-state index is 13.5. The highest BCUT2D eigenvalue weighted by atomic mass is 16.5. The van der Waals surface area contributed by atoms with Crippen LogP contribution in [0.15, 0.2) is 48.5 Å². The first kappa shape index (κ1) is 31.1. The predicted molar refractivity (Wildman–Crippen MR) is 156 cm³/mol. The average Bonchev–Trinajstić information content (AvgIpc) is 2.96. The van der Waals surface area contributed by atoms with Crippen LogP contribution < -0.4 is 10.1 Å². The number of carbonyl (C=O) groups is 3. The molecule has 0 radical (unpaired) electrons. The van der Waals surface area contributed by atoms with E-state index in [1.807, 2.05) is 45.0 Å². The number of likely N-dealkylation sites (N-methyl/N-ethyl adjacent to an activating group) is 1. The van der Waals surface area contributed by atoms with Gasteiger partial charge in [-0.05, 0) is 69.1 Å². The van der Waals surface area contributed by atoms with Crippen LogP contribution in [-0.2, 0) is 9.53 Å². The van der Waals surface area contributed by atoms with E-state index in [1.165, 1.54) is 4.90 Å². The Hall–Kier alpha value is -3.39. The van der Waals surface area contributed by atoms with Gasteiger partial charge < -0.3 is 19.7 Å². The molecule has 3 rings (SSSR count). The van der Waals surface area contributed by atoms with E-state index in [0.717, 1.165) is 37.1 Å². The summed E-state index contributed by atoms with van der Waals surface area (Å²) in [4.78, 5) is 42.7. The first-order chi connectivity index (χ1) is 19.2. The third-order valence-electron chi connectivity index (χ3n) is 8.06. The van der Waals surface area contributed by atoms with Crippen molar-refractivity contribution in [3.05, 3.63) is 65.2 Å². The van der Waals surface area contributed by atoms with E-state index in [2.05, 4.69) is 31.0 Å². The second-order valence-electron chi connectivity index (χ2n) is 10.4. The molecule has 1 saturated heterocycles. The van der Waals surface area contributed by atoms with Crippen LogP contribution in [0.25, 0.3) is 0 Å². The van der Waals surface area contributed by atoms with Crippen molar-refractivity contribution in [1.82, 2.24) is 15.1 Å². The fourth-order valence-corrected chi connectivity index (χ4v) is 5.22. The van der Waals surface area contributed by atoms with Crippen molar-refractivity contribution < 1.29 is 23.9 Å². The number of amides is 3. The van der Waals surface area contributed by atoms with Gasteiger partial charge in [0.1, 0.15) is 17.8 Å². The number of carbonyl (C=O) groups excluding carboxylic acids is 3. The highest BCUT2D eigenvalue weighted by molar-refractivity contribution is 6.03. The number of esters is 1. The van der Waals surface area contributed by atoms with Crippen molar-refractivity contribution >= 4 is 17.9 Å². The van der Waals surface area contributed by atoms with Gasteiger partial charge in [-0.25, -0.2) is 14.5 Å². The van der Waals surface area contributed by atoms with Crippen LogP contribution in [0, 0.1) is 12.3 Å². The van der Waals surface area contributed by atoms with E-state index in [4.69, 9.17) is 9.47 Å². The molecule has 1 aliphatic rings. The van der Waals surface area contributed by atoms with Gasteiger partial charge in [0.05, 0.1) is 11.6 Å². The zero-order valence-electron chi connectivity index (χ0n) is 24.9. The van der Waals surface area contributed by atoms with Gasteiger partial charge in [0.15, 0.2) is 6.23 Å². The molecule has 0 saturated carbocycles. The summed E-state index contributed by atoms with van der Waals surface area (Å²) in [6.07, 6.45) is 1.97. The highest BCUT2D eigenvalue weighted by Gasteiger charge is 2.63. The first-order valence-corrected chi connectivity index (χ1v) is 14.6. The molecule has 1 aliphatic heterocycles. The number of β-lactam (4-membered cyclic amide) rings is 1. The second-order valence-corrected chi connectivity index (χ2v) is 10.4. The van der Waals surface area contributed by atoms with E-state index in [0.29, 0.717) is 37.3 Å². The SMILES string of the molecule is CCC[C@H](NC(=O)N1C(=O)C(CC)(CC)[C@@H]1Oc1ccc(C(=O)OCCN(CC)CC)cc1)c1ccc(C)cc1. The molecule has 40 heavy (non-hydrogen) atoms. The minimum atomic E-state index is -0.788. The third kappa shape index (κ3) is 6.84. The standard InChI is InChI=1S/C32H45N3O5/c1-7-12-27(24-15-13-23(6)14-16-24)33-31(38)35-29(37)32(8-2,9-3)30(35)40-26-19-17-25(18-20-26)28(36)39-22-21-34(10-4)11-5/h13-20,27,30H,7-12,21-22H2,1-6H3,(H,33,38)/t27-,30-/m0/s1. The summed E-state index contributed by atoms with van der Waals surface area (Å²) in [5.41, 5.74) is 1.78. The van der Waals surface area contributed by atoms with Gasteiger partial charge >= 0.3 is 12.0 Å². The van der Waals surface area contributed by atoms with Crippen molar-refractivity contribution in [1.29, 1.82) is 0 Å². The van der Waals surface area contributed by atoms with E-state index in [-0.39, 0.29) is 11.9 Å². The molecule has 0 aromatic heterocycles. The van der Waals surface area contributed by atoms with Gasteiger partial charge in [-0.1, -0.05) is 70.9 Å². The Morgan fingerprint density at radius 1 is 0.975 bits per heavy atom. The van der Waals surface area contributed by atoms with E-state index in [9.17, 15) is 14.4 Å². The molecule has 1 N–H and O–H groups in total. The van der Waals surface area contributed by atoms with Crippen LogP contribution in [0.1, 0.15) is 87.8 Å². The summed E-state index contributed by atoms with van der Waals surface area (Å²) in [6, 6.07) is 14.1. The molecular weight excluding hydrogens is 506 g/mol. The number of nitrogens with zero attached hydrogens (tertiary/aromatic N) is 2. The Bertz CT molecular complexity index is 1120. The Kier molecular flexibility index (Phi) is 11.1. The fraction of sp³-hybridized carbons (Fsp3) is 0.531. The molecular formula is C32H45N3O5. The molecule has 0 spiro atoms. The van der Waals surface area contributed by atoms with Crippen LogP contribution in [0.4, 0.5) is 4.79 Å². The van der Waals surface area contributed by atoms with Gasteiger partial charge in [0.25, 0.3) is 0 Å². The molecule has 2 atom stereocenters. The number of aryl methyl sites for hydroxylation is 1. The minimum Gasteiger partial charge on any atom is -0.469 e. The van der Waals surface area contributed by atoms with Crippen LogP contribution >= 0.6 is 0 Å². The molecule has 2 aromatic rings. The maximum atomic E-state index is 13.5. The lowest BCUT2D eigenvalue weighted by molar-refractivity contribution is -0.191. The fourth-order valence-electron chi connectivity index (χ4n) is 5.22. The molecule has 218 valence electrons. The van der Waals surface area contributed by atoms with Crippen molar-refractivity contribution in [2.45, 2.75) is 79.5 Å². The number of urea groups is 1. The van der Waals surface area contributed by atoms with Crippen LogP contribution in [0.2, 0.25) is 0 Å². The molecule has 3 amide bonds. The number of likely N-dealkylation sites (tertiary alicyclic amines) is 1. The quantitative estimate of drug-likeness (QED) is 0.226. The van der Waals surface area contributed by atoms with Gasteiger partial charge in [0, 0.05) is 6.54 Å². The van der Waals surface area contributed by atoms with Crippen molar-refractivity contribution in [3.63, 3.8) is 0 Å². The monoisotopic (exact) mass is 551 g/mol. The summed E-state index contributed by atoms with van der Waals surface area (Å²) in [5, 5.41) is 3.07. The number of hydrogen-bond donors (Lipinski definition) is 1. The summed E-state index contributed by atoms with van der Waals surface area (Å²) in [5.74, 6) is -0.148. The Balaban J connectivity index is 1.72. The second kappa shape index (κ2) is 14.3. The average molecular weight is 552 g/mol. The molecule has 8 heteroatoms. The summed E-state index contributed by atoms with van der Waals surface area (Å²) >= 11 is 0. The molecule has 0 unspecified atom stereocenters. The first-order valence-electron chi connectivity index (χ1n) is 14.6. The van der Waals surface area contributed by atoms with Crippen LogP contribution in [-0.4, -0.2) is 60.2 Å². The third-order valence-corrected chi connectivity index (χ3v) is 8.06. The van der Waals surface area contributed by atoms with E-state index < -0.39 is 23.6 Å². The van der Waals surface area contributed by atoms with Gasteiger partial charge in [0.2, 0.25) is 5.91 Å². The molecule has 1 fully saturated rings. The Morgan fingerprint density at radius 3 is 2.15 bits per heavy atom. The molecule has 2 aromatic carbocycles. The number of rotatable bonds is 14. The number of hydrogen-bond acceptors (Lipinski definition) is 6. The summed E-state index contributed by atoms with van der Waals surface area (Å²) in [6.45, 7) is 14.9. The Morgan fingerprint density at radius 2 is 1.60 bits per heavy atom. The number of benzene rings is 2. The zero-order valence-corrected chi connectivity index (χ0v) is 24.9. The summed E-state index contributed by atoms with van der Waals surface area (Å²) < 4.78 is 11.7. The van der Waals surface area contributed by atoms with Crippen LogP contribution in [0.5, 0.6) is 5.75 Å². The van der Waals surface area contributed by atoms with Gasteiger partial charge in [-0.3, -0.25) is 4.79 Å². The largest absolute Gasteiger partial charge is 0.469 e. The molecule has 1 heterocycles. The maximum Gasteiger partial charge on any atom is 0.338 e. The topological polar surface area (TPSA) is 88.2 Å². The van der Waals surface area contributed by atoms with Crippen molar-refractivity contribution in [3.8, 4) is 5.75 Å². The molecule has 0 bridgehead atoms. The van der Waals surface area contributed by atoms with Gasteiger partial charge in [-0.15, -0.1) is 0 Å². The number of ether oxygens (including phenoxy) is 2. The zero-order chi connectivity index (χ0) is 29.3. The Labute approximate surface area is 239 Å². The smallest absolute Gasteiger partial charge is 0.338 e. The number of imide groups is 1. The summed E-state index contributed by atoms with van der Waals surface area (Å²) in [7, 11) is 0. The van der Waals surface area contributed by atoms with Gasteiger partial charge in [-0.2, -0.15) is 0 Å². The van der Waals surface area contributed by atoms with E-state index >= 15 is 0 Å². The van der Waals surface area contributed by atoms with Crippen molar-refractivity contribution in [2.75, 3.05) is 26.2 Å². The van der Waals surface area contributed by atoms with Crippen LogP contribution in [0.3, 0.4) is 0 Å². The lowest BCUT2D eigenvalue weighted by Gasteiger charge is -2.53. The van der Waals surface area contributed by atoms with Crippen molar-refractivity contribution in [2.24, 2.45) is 5.41 Å². The molecule has 0 aliphatic carbocycles.